The summed E-state index contributed by atoms with van der Waals surface area (Å²) in [6, 6.07) is 7.72. The monoisotopic (exact) mass is 389 g/mol. The third kappa shape index (κ3) is 4.18. The molecule has 5 nitrogen and oxygen atoms in total. The van der Waals surface area contributed by atoms with E-state index >= 15 is 0 Å². The molecule has 1 aromatic carbocycles. The molecule has 28 heavy (non-hydrogen) atoms. The summed E-state index contributed by atoms with van der Waals surface area (Å²) in [4.78, 5) is 28.1. The van der Waals surface area contributed by atoms with E-state index in [4.69, 9.17) is 9.47 Å². The maximum absolute atomic E-state index is 13.2. The first-order valence-corrected chi connectivity index (χ1v) is 10.5. The summed E-state index contributed by atoms with van der Waals surface area (Å²) < 4.78 is 11.4. The number of unbranched alkanes of at least 4 members (excludes halogenated alkanes) is 1. The van der Waals surface area contributed by atoms with Crippen LogP contribution < -0.4 is 0 Å². The molecule has 156 valence electrons. The van der Waals surface area contributed by atoms with Gasteiger partial charge < -0.3 is 14.4 Å². The fourth-order valence-electron chi connectivity index (χ4n) is 4.47. The number of carbonyl (C=O) groups excluding carboxylic acids is 2. The molecular weight excluding hydrogens is 354 g/mol. The van der Waals surface area contributed by atoms with Gasteiger partial charge in [0.15, 0.2) is 0 Å². The first-order valence-electron chi connectivity index (χ1n) is 10.5. The highest BCUT2D eigenvalue weighted by Gasteiger charge is 2.55. The molecule has 1 aromatic rings. The van der Waals surface area contributed by atoms with E-state index < -0.39 is 17.7 Å². The molecule has 0 saturated heterocycles. The minimum Gasteiger partial charge on any atom is -0.466 e. The van der Waals surface area contributed by atoms with Gasteiger partial charge in [0.2, 0.25) is 5.60 Å². The summed E-state index contributed by atoms with van der Waals surface area (Å²) in [5, 5.41) is 0. The highest BCUT2D eigenvalue weighted by atomic mass is 16.6. The first-order chi connectivity index (χ1) is 13.3. The van der Waals surface area contributed by atoms with Crippen molar-refractivity contribution in [3.05, 3.63) is 35.4 Å². The Bertz CT molecular complexity index is 677. The van der Waals surface area contributed by atoms with Gasteiger partial charge in [-0.25, -0.2) is 9.59 Å². The smallest absolute Gasteiger partial charge is 0.411 e. The Balaban J connectivity index is 2.58. The maximum Gasteiger partial charge on any atom is 0.411 e. The Kier molecular flexibility index (Phi) is 7.50. The molecule has 0 bridgehead atoms. The fourth-order valence-corrected chi connectivity index (χ4v) is 4.47. The number of hydrogen-bond acceptors (Lipinski definition) is 4. The maximum atomic E-state index is 13.2. The summed E-state index contributed by atoms with van der Waals surface area (Å²) in [5.74, 6) is -0.582. The van der Waals surface area contributed by atoms with Crippen molar-refractivity contribution in [2.45, 2.75) is 84.4 Å². The third-order valence-corrected chi connectivity index (χ3v) is 5.72. The molecule has 1 aliphatic carbocycles. The lowest BCUT2D eigenvalue weighted by Gasteiger charge is -2.44. The van der Waals surface area contributed by atoms with Gasteiger partial charge in [-0.1, -0.05) is 44.0 Å². The van der Waals surface area contributed by atoms with Gasteiger partial charge in [0.1, 0.15) is 0 Å². The van der Waals surface area contributed by atoms with Gasteiger partial charge in [-0.15, -0.1) is 0 Å². The Hall–Kier alpha value is -2.04. The zero-order chi connectivity index (χ0) is 20.9. The van der Waals surface area contributed by atoms with Crippen LogP contribution in [-0.2, 0) is 26.3 Å². The van der Waals surface area contributed by atoms with Crippen LogP contribution in [0.15, 0.2) is 24.3 Å². The zero-order valence-corrected chi connectivity index (χ0v) is 18.2. The fraction of sp³-hybridized carbons (Fsp3) is 0.652. The van der Waals surface area contributed by atoms with Gasteiger partial charge in [0.05, 0.1) is 7.11 Å². The number of hydrogen-bond donors (Lipinski definition) is 0. The van der Waals surface area contributed by atoms with Gasteiger partial charge in [0.25, 0.3) is 0 Å². The van der Waals surface area contributed by atoms with E-state index in [0.29, 0.717) is 0 Å². The molecule has 5 heteroatoms. The number of rotatable bonds is 7. The molecule has 0 unspecified atom stereocenters. The Labute approximate surface area is 169 Å². The van der Waals surface area contributed by atoms with Crippen molar-refractivity contribution >= 4 is 12.1 Å². The van der Waals surface area contributed by atoms with Gasteiger partial charge in [-0.2, -0.15) is 0 Å². The number of amides is 1. The second-order valence-corrected chi connectivity index (χ2v) is 8.22. The minimum absolute atomic E-state index is 0.0323. The summed E-state index contributed by atoms with van der Waals surface area (Å²) in [5.41, 5.74) is 0.432. The first kappa shape index (κ1) is 22.3. The summed E-state index contributed by atoms with van der Waals surface area (Å²) >= 11 is 0. The van der Waals surface area contributed by atoms with E-state index in [2.05, 4.69) is 6.92 Å². The van der Waals surface area contributed by atoms with Crippen molar-refractivity contribution in [2.24, 2.45) is 5.92 Å². The molecule has 2 rings (SSSR count). The predicted molar refractivity (Wildman–Crippen MR) is 110 cm³/mol. The predicted octanol–water partition coefficient (Wildman–Crippen LogP) is 5.06. The largest absolute Gasteiger partial charge is 0.466 e. The molecule has 2 atom stereocenters. The summed E-state index contributed by atoms with van der Waals surface area (Å²) in [7, 11) is 1.37. The topological polar surface area (TPSA) is 55.8 Å². The Morgan fingerprint density at radius 1 is 1.18 bits per heavy atom. The number of benzene rings is 1. The molecule has 0 aromatic heterocycles. The highest BCUT2D eigenvalue weighted by molar-refractivity contribution is 5.86. The number of carbonyl (C=O) groups is 2. The molecule has 0 fully saturated rings. The van der Waals surface area contributed by atoms with Crippen molar-refractivity contribution < 1.29 is 19.1 Å². The van der Waals surface area contributed by atoms with Crippen LogP contribution >= 0.6 is 0 Å². The van der Waals surface area contributed by atoms with Crippen LogP contribution in [0.4, 0.5) is 4.79 Å². The SMILES string of the molecule is CCCC[C@H]1CCc2ccccc2[C@]1(OC(=O)N(C(C)C)C(C)C)C(=O)OC. The number of ether oxygens (including phenoxy) is 2. The van der Waals surface area contributed by atoms with Crippen LogP contribution in [0.25, 0.3) is 0 Å². The lowest BCUT2D eigenvalue weighted by Crippen LogP contribution is -2.54. The third-order valence-electron chi connectivity index (χ3n) is 5.72. The molecule has 0 heterocycles. The van der Waals surface area contributed by atoms with Crippen LogP contribution in [-0.4, -0.2) is 36.2 Å². The molecule has 0 spiro atoms. The molecule has 0 aliphatic heterocycles. The molecule has 1 amide bonds. The van der Waals surface area contributed by atoms with E-state index in [1.165, 1.54) is 7.11 Å². The van der Waals surface area contributed by atoms with Gasteiger partial charge >= 0.3 is 12.1 Å². The van der Waals surface area contributed by atoms with Crippen LogP contribution in [0.3, 0.4) is 0 Å². The lowest BCUT2D eigenvalue weighted by molar-refractivity contribution is -0.175. The highest BCUT2D eigenvalue weighted by Crippen LogP contribution is 2.46. The average molecular weight is 390 g/mol. The number of fused-ring (bicyclic) bond motifs is 1. The number of aryl methyl sites for hydroxylation is 1. The van der Waals surface area contributed by atoms with Crippen molar-refractivity contribution in [3.63, 3.8) is 0 Å². The Morgan fingerprint density at radius 3 is 2.39 bits per heavy atom. The van der Waals surface area contributed by atoms with E-state index in [9.17, 15) is 9.59 Å². The summed E-state index contributed by atoms with van der Waals surface area (Å²) in [6.07, 6.45) is 4.01. The lowest BCUT2D eigenvalue weighted by atomic mass is 9.69. The normalized spacial score (nSPS) is 21.4. The minimum atomic E-state index is -1.39. The van der Waals surface area contributed by atoms with Crippen LogP contribution in [0.2, 0.25) is 0 Å². The van der Waals surface area contributed by atoms with Gasteiger partial charge in [-0.3, -0.25) is 0 Å². The molecule has 1 aliphatic rings. The average Bonchev–Trinajstić information content (AvgIpc) is 2.65. The number of methoxy groups -OCH3 is 1. The van der Waals surface area contributed by atoms with Crippen molar-refractivity contribution in [2.75, 3.05) is 7.11 Å². The number of nitrogens with zero attached hydrogens (tertiary/aromatic N) is 1. The van der Waals surface area contributed by atoms with Crippen molar-refractivity contribution in [3.8, 4) is 0 Å². The van der Waals surface area contributed by atoms with Crippen LogP contribution in [0.5, 0.6) is 0 Å². The van der Waals surface area contributed by atoms with Crippen molar-refractivity contribution in [1.29, 1.82) is 0 Å². The van der Waals surface area contributed by atoms with Crippen LogP contribution in [0, 0.1) is 5.92 Å². The quantitative estimate of drug-likeness (QED) is 0.612. The standard InChI is InChI=1S/C23H35NO4/c1-7-8-12-19-15-14-18-11-9-10-13-20(18)23(19,21(25)27-6)28-22(26)24(16(2)3)17(4)5/h9-11,13,16-17,19H,7-8,12,14-15H2,1-6H3/t19-,23-/m0/s1. The van der Waals surface area contributed by atoms with E-state index in [0.717, 1.165) is 43.2 Å². The zero-order valence-electron chi connectivity index (χ0n) is 18.2. The second kappa shape index (κ2) is 9.44. The van der Waals surface area contributed by atoms with Crippen molar-refractivity contribution in [1.82, 2.24) is 4.90 Å². The Morgan fingerprint density at radius 2 is 1.82 bits per heavy atom. The molecule has 0 N–H and O–H groups in total. The van der Waals surface area contributed by atoms with Crippen LogP contribution in [0.1, 0.15) is 71.4 Å². The molecule has 0 radical (unpaired) electrons. The van der Waals surface area contributed by atoms with Gasteiger partial charge in [0, 0.05) is 23.6 Å². The number of esters is 1. The van der Waals surface area contributed by atoms with Gasteiger partial charge in [-0.05, 0) is 52.5 Å². The summed E-state index contributed by atoms with van der Waals surface area (Å²) in [6.45, 7) is 9.94. The molecular formula is C23H35NO4. The van der Waals surface area contributed by atoms with E-state index in [-0.39, 0.29) is 18.0 Å². The van der Waals surface area contributed by atoms with E-state index in [1.54, 1.807) is 4.90 Å². The molecule has 0 saturated carbocycles. The second-order valence-electron chi connectivity index (χ2n) is 8.22. The van der Waals surface area contributed by atoms with E-state index in [1.807, 2.05) is 52.0 Å².